The number of carbonyl (C=O) groups is 2. The number of rotatable bonds is 4. The Kier molecular flexibility index (Phi) is 4.65. The topological polar surface area (TPSA) is 57.6 Å². The predicted molar refractivity (Wildman–Crippen MR) is 92.0 cm³/mol. The molecule has 0 bridgehead atoms. The van der Waals surface area contributed by atoms with Crippen molar-refractivity contribution in [1.82, 2.24) is 4.90 Å². The number of hydrogen-bond acceptors (Lipinski definition) is 2. The Labute approximate surface area is 141 Å². The van der Waals surface area contributed by atoms with Gasteiger partial charge in [0, 0.05) is 13.1 Å². The number of carboxylic acid groups (broad SMARTS) is 1. The normalized spacial score (nSPS) is 13.5. The van der Waals surface area contributed by atoms with Crippen molar-refractivity contribution >= 4 is 11.9 Å². The number of amides is 1. The van der Waals surface area contributed by atoms with Crippen LogP contribution in [0.15, 0.2) is 42.5 Å². The van der Waals surface area contributed by atoms with Crippen molar-refractivity contribution in [3.8, 4) is 0 Å². The number of aromatic carboxylic acids is 1. The summed E-state index contributed by atoms with van der Waals surface area (Å²) in [5.41, 5.74) is 4.62. The van der Waals surface area contributed by atoms with Gasteiger partial charge in [0.1, 0.15) is 0 Å². The zero-order valence-electron chi connectivity index (χ0n) is 13.8. The summed E-state index contributed by atoms with van der Waals surface area (Å²) in [6.45, 7) is 3.27. The third-order valence-electron chi connectivity index (χ3n) is 4.57. The fourth-order valence-corrected chi connectivity index (χ4v) is 3.15. The smallest absolute Gasteiger partial charge is 0.335 e. The first-order valence-electron chi connectivity index (χ1n) is 8.27. The molecule has 1 heterocycles. The van der Waals surface area contributed by atoms with Crippen molar-refractivity contribution in [3.05, 3.63) is 70.3 Å². The summed E-state index contributed by atoms with van der Waals surface area (Å²) in [7, 11) is 0. The van der Waals surface area contributed by atoms with Gasteiger partial charge in [-0.2, -0.15) is 0 Å². The first-order chi connectivity index (χ1) is 11.6. The molecule has 0 unspecified atom stereocenters. The molecule has 0 saturated heterocycles. The van der Waals surface area contributed by atoms with Crippen LogP contribution in [0.2, 0.25) is 0 Å². The molecule has 2 aromatic carbocycles. The second-order valence-corrected chi connectivity index (χ2v) is 6.20. The van der Waals surface area contributed by atoms with E-state index in [0.717, 1.165) is 29.5 Å². The molecule has 0 atom stereocenters. The molecule has 0 radical (unpaired) electrons. The minimum Gasteiger partial charge on any atom is -0.478 e. The lowest BCUT2D eigenvalue weighted by atomic mass is 9.96. The lowest BCUT2D eigenvalue weighted by Crippen LogP contribution is -2.37. The van der Waals surface area contributed by atoms with E-state index in [0.29, 0.717) is 19.5 Å². The predicted octanol–water partition coefficient (Wildman–Crippen LogP) is 3.07. The molecule has 1 amide bonds. The van der Waals surface area contributed by atoms with Crippen LogP contribution in [-0.4, -0.2) is 28.4 Å². The molecule has 1 N–H and O–H groups in total. The van der Waals surface area contributed by atoms with Crippen LogP contribution in [0.25, 0.3) is 0 Å². The van der Waals surface area contributed by atoms with E-state index in [1.54, 1.807) is 12.1 Å². The van der Waals surface area contributed by atoms with E-state index >= 15 is 0 Å². The first kappa shape index (κ1) is 16.2. The third kappa shape index (κ3) is 3.48. The summed E-state index contributed by atoms with van der Waals surface area (Å²) in [4.78, 5) is 25.6. The van der Waals surface area contributed by atoms with Crippen molar-refractivity contribution in [2.45, 2.75) is 32.7 Å². The van der Waals surface area contributed by atoms with E-state index < -0.39 is 5.97 Å². The van der Waals surface area contributed by atoms with Gasteiger partial charge in [-0.3, -0.25) is 4.79 Å². The van der Waals surface area contributed by atoms with Gasteiger partial charge in [0.2, 0.25) is 5.91 Å². The molecule has 0 aromatic heterocycles. The van der Waals surface area contributed by atoms with Crippen molar-refractivity contribution in [1.29, 1.82) is 0 Å². The van der Waals surface area contributed by atoms with E-state index in [-0.39, 0.29) is 11.5 Å². The van der Waals surface area contributed by atoms with Gasteiger partial charge in [-0.15, -0.1) is 0 Å². The fourth-order valence-electron chi connectivity index (χ4n) is 3.15. The van der Waals surface area contributed by atoms with Crippen LogP contribution < -0.4 is 0 Å². The van der Waals surface area contributed by atoms with E-state index in [1.165, 1.54) is 5.56 Å². The molecule has 2 aromatic rings. The molecule has 4 nitrogen and oxygen atoms in total. The molecule has 0 spiro atoms. The van der Waals surface area contributed by atoms with Gasteiger partial charge in [0.05, 0.1) is 12.0 Å². The second-order valence-electron chi connectivity index (χ2n) is 6.20. The maximum atomic E-state index is 12.6. The van der Waals surface area contributed by atoms with Gasteiger partial charge in [0.25, 0.3) is 0 Å². The van der Waals surface area contributed by atoms with Crippen molar-refractivity contribution in [2.24, 2.45) is 0 Å². The summed E-state index contributed by atoms with van der Waals surface area (Å²) in [5, 5.41) is 9.13. The van der Waals surface area contributed by atoms with E-state index in [1.807, 2.05) is 23.1 Å². The third-order valence-corrected chi connectivity index (χ3v) is 4.57. The van der Waals surface area contributed by atoms with E-state index in [2.05, 4.69) is 19.1 Å². The summed E-state index contributed by atoms with van der Waals surface area (Å²) < 4.78 is 0. The van der Waals surface area contributed by atoms with Gasteiger partial charge >= 0.3 is 5.97 Å². The minimum atomic E-state index is -0.933. The van der Waals surface area contributed by atoms with Crippen LogP contribution >= 0.6 is 0 Å². The first-order valence-corrected chi connectivity index (χ1v) is 8.27. The molecule has 4 heteroatoms. The Morgan fingerprint density at radius 3 is 2.62 bits per heavy atom. The van der Waals surface area contributed by atoms with Gasteiger partial charge in [-0.25, -0.2) is 4.79 Å². The highest BCUT2D eigenvalue weighted by molar-refractivity contribution is 5.88. The van der Waals surface area contributed by atoms with Crippen molar-refractivity contribution in [3.63, 3.8) is 0 Å². The van der Waals surface area contributed by atoms with Gasteiger partial charge < -0.3 is 10.0 Å². The van der Waals surface area contributed by atoms with Crippen LogP contribution in [0, 0.1) is 0 Å². The number of fused-ring (bicyclic) bond motifs is 1. The summed E-state index contributed by atoms with van der Waals surface area (Å²) in [5.74, 6) is -0.840. The highest BCUT2D eigenvalue weighted by Gasteiger charge is 2.21. The molecule has 0 aliphatic carbocycles. The van der Waals surface area contributed by atoms with Gasteiger partial charge in [-0.1, -0.05) is 37.3 Å². The average molecular weight is 323 g/mol. The molecule has 0 fully saturated rings. The van der Waals surface area contributed by atoms with Crippen LogP contribution in [0.3, 0.4) is 0 Å². The number of carboxylic acids is 1. The van der Waals surface area contributed by atoms with Crippen LogP contribution in [0.1, 0.15) is 39.5 Å². The van der Waals surface area contributed by atoms with Gasteiger partial charge in [0.15, 0.2) is 0 Å². The molecule has 24 heavy (non-hydrogen) atoms. The Morgan fingerprint density at radius 1 is 1.08 bits per heavy atom. The summed E-state index contributed by atoms with van der Waals surface area (Å²) in [6.07, 6.45) is 2.12. The Hall–Kier alpha value is -2.62. The molecule has 1 aliphatic heterocycles. The number of aryl methyl sites for hydroxylation is 1. The molecule has 0 saturated carbocycles. The Bertz CT molecular complexity index is 782. The lowest BCUT2D eigenvalue weighted by molar-refractivity contribution is -0.131. The highest BCUT2D eigenvalue weighted by Crippen LogP contribution is 2.21. The SMILES string of the molecule is CCc1cccc(CC(=O)N2CCc3ccc(C(=O)O)cc3C2)c1. The molecule has 124 valence electrons. The lowest BCUT2D eigenvalue weighted by Gasteiger charge is -2.29. The number of carbonyl (C=O) groups excluding carboxylic acids is 1. The minimum absolute atomic E-state index is 0.0923. The quantitative estimate of drug-likeness (QED) is 0.941. The largest absolute Gasteiger partial charge is 0.478 e. The van der Waals surface area contributed by atoms with Crippen LogP contribution in [0.5, 0.6) is 0 Å². The number of benzene rings is 2. The summed E-state index contributed by atoms with van der Waals surface area (Å²) in [6, 6.07) is 13.3. The molecular formula is C20H21NO3. The maximum absolute atomic E-state index is 12.6. The van der Waals surface area contributed by atoms with Crippen molar-refractivity contribution in [2.75, 3.05) is 6.54 Å². The molecule has 1 aliphatic rings. The average Bonchev–Trinajstić information content (AvgIpc) is 2.60. The molecular weight excluding hydrogens is 302 g/mol. The highest BCUT2D eigenvalue weighted by atomic mass is 16.4. The van der Waals surface area contributed by atoms with E-state index in [4.69, 9.17) is 5.11 Å². The van der Waals surface area contributed by atoms with Crippen LogP contribution in [-0.2, 0) is 30.6 Å². The summed E-state index contributed by atoms with van der Waals surface area (Å²) >= 11 is 0. The molecule has 3 rings (SSSR count). The maximum Gasteiger partial charge on any atom is 0.335 e. The van der Waals surface area contributed by atoms with Gasteiger partial charge in [-0.05, 0) is 47.2 Å². The fraction of sp³-hybridized carbons (Fsp3) is 0.300. The Balaban J connectivity index is 1.73. The van der Waals surface area contributed by atoms with E-state index in [9.17, 15) is 9.59 Å². The number of hydrogen-bond donors (Lipinski definition) is 1. The monoisotopic (exact) mass is 323 g/mol. The zero-order valence-corrected chi connectivity index (χ0v) is 13.8. The van der Waals surface area contributed by atoms with Crippen LogP contribution in [0.4, 0.5) is 0 Å². The zero-order chi connectivity index (χ0) is 17.1. The number of nitrogens with zero attached hydrogens (tertiary/aromatic N) is 1. The Morgan fingerprint density at radius 2 is 1.88 bits per heavy atom. The standard InChI is InChI=1S/C20H21NO3/c1-2-14-4-3-5-15(10-14)11-19(22)21-9-8-16-6-7-17(20(23)24)12-18(16)13-21/h3-7,10,12H,2,8-9,11,13H2,1H3,(H,23,24). The second kappa shape index (κ2) is 6.87. The van der Waals surface area contributed by atoms with Crippen molar-refractivity contribution < 1.29 is 14.7 Å².